The van der Waals surface area contributed by atoms with Crippen LogP contribution in [0.25, 0.3) is 22.0 Å². The normalized spacial score (nSPS) is 13.7. The van der Waals surface area contributed by atoms with Crippen molar-refractivity contribution in [2.45, 2.75) is 6.42 Å². The molecule has 8 nitrogen and oxygen atoms in total. The predicted molar refractivity (Wildman–Crippen MR) is 151 cm³/mol. The van der Waals surface area contributed by atoms with Gasteiger partial charge in [-0.3, -0.25) is 9.69 Å². The largest absolute Gasteiger partial charge is 0.491 e. The lowest BCUT2D eigenvalue weighted by molar-refractivity contribution is -0.111. The second-order valence-corrected chi connectivity index (χ2v) is 9.12. The topological polar surface area (TPSA) is 88.6 Å². The Morgan fingerprint density at radius 3 is 2.77 bits per heavy atom. The number of fused-ring (bicyclic) bond motifs is 1. The number of halogens is 1. The third-order valence-corrected chi connectivity index (χ3v) is 6.47. The van der Waals surface area contributed by atoms with E-state index in [1.165, 1.54) is 18.5 Å². The molecule has 0 spiro atoms. The Hall–Kier alpha value is -4.34. The van der Waals surface area contributed by atoms with Crippen LogP contribution < -0.4 is 15.4 Å². The van der Waals surface area contributed by atoms with E-state index in [0.29, 0.717) is 40.3 Å². The Morgan fingerprint density at radius 2 is 1.95 bits per heavy atom. The third kappa shape index (κ3) is 6.57. The first kappa shape index (κ1) is 26.3. The van der Waals surface area contributed by atoms with Crippen LogP contribution in [0.3, 0.4) is 0 Å². The molecule has 0 unspecified atom stereocenters. The number of hydrogen-bond donors (Lipinski definition) is 2. The van der Waals surface area contributed by atoms with Gasteiger partial charge in [0.25, 0.3) is 0 Å². The minimum atomic E-state index is -0.350. The van der Waals surface area contributed by atoms with Gasteiger partial charge in [0.1, 0.15) is 23.7 Å². The van der Waals surface area contributed by atoms with E-state index in [2.05, 4.69) is 32.1 Å². The van der Waals surface area contributed by atoms with E-state index in [1.807, 2.05) is 24.3 Å². The molecular weight excluding hydrogens is 497 g/mol. The van der Waals surface area contributed by atoms with Gasteiger partial charge in [0, 0.05) is 42.3 Å². The average Bonchev–Trinajstić information content (AvgIpc) is 2.96. The molecule has 0 bridgehead atoms. The Morgan fingerprint density at radius 1 is 1.10 bits per heavy atom. The van der Waals surface area contributed by atoms with Gasteiger partial charge in [-0.15, -0.1) is 0 Å². The zero-order chi connectivity index (χ0) is 27.0. The summed E-state index contributed by atoms with van der Waals surface area (Å²) in [6, 6.07) is 17.7. The fourth-order valence-corrected chi connectivity index (χ4v) is 4.48. The second-order valence-electron chi connectivity index (χ2n) is 9.12. The molecule has 3 aromatic carbocycles. The van der Waals surface area contributed by atoms with Crippen molar-refractivity contribution in [2.75, 3.05) is 50.1 Å². The Balaban J connectivity index is 1.39. The molecule has 0 radical (unpaired) electrons. The fraction of sp³-hybridized carbons (Fsp3) is 0.233. The molecule has 0 aliphatic carbocycles. The predicted octanol–water partition coefficient (Wildman–Crippen LogP) is 5.41. The van der Waals surface area contributed by atoms with Gasteiger partial charge in [0.05, 0.1) is 31.0 Å². The minimum Gasteiger partial charge on any atom is -0.491 e. The average molecular weight is 528 g/mol. The standard InChI is InChI=1S/C30H30FN5O3/c1-2-29(37)35-27-18-24-26(19-28(27)39-14-6-11-36-12-15-38-16-13-36)32-20-33-30(24)34-22-8-5-7-21(17-22)23-9-3-4-10-25(23)31/h2-5,7-10,17-20H,1,6,11-16H2,(H,35,37)(H,32,33,34). The molecule has 0 saturated carbocycles. The zero-order valence-electron chi connectivity index (χ0n) is 21.5. The molecule has 1 amide bonds. The van der Waals surface area contributed by atoms with Crippen LogP contribution in [-0.4, -0.2) is 60.2 Å². The lowest BCUT2D eigenvalue weighted by Gasteiger charge is -2.26. The number of nitrogens with one attached hydrogen (secondary N) is 2. The van der Waals surface area contributed by atoms with Crippen LogP contribution in [0.2, 0.25) is 0 Å². The second kappa shape index (κ2) is 12.5. The van der Waals surface area contributed by atoms with Gasteiger partial charge >= 0.3 is 0 Å². The summed E-state index contributed by atoms with van der Waals surface area (Å²) in [6.45, 7) is 8.31. The number of nitrogens with zero attached hydrogens (tertiary/aromatic N) is 3. The monoisotopic (exact) mass is 527 g/mol. The number of morpholine rings is 1. The van der Waals surface area contributed by atoms with E-state index in [1.54, 1.807) is 30.3 Å². The highest BCUT2D eigenvalue weighted by Crippen LogP contribution is 2.34. The van der Waals surface area contributed by atoms with E-state index in [9.17, 15) is 9.18 Å². The number of benzene rings is 3. The molecule has 1 aliphatic heterocycles. The van der Waals surface area contributed by atoms with E-state index in [-0.39, 0.29) is 11.7 Å². The highest BCUT2D eigenvalue weighted by molar-refractivity contribution is 6.03. The van der Waals surface area contributed by atoms with Crippen LogP contribution in [0, 0.1) is 5.82 Å². The number of anilines is 3. The Labute approximate surface area is 226 Å². The molecule has 9 heteroatoms. The third-order valence-electron chi connectivity index (χ3n) is 6.47. The molecule has 39 heavy (non-hydrogen) atoms. The van der Waals surface area contributed by atoms with Crippen LogP contribution in [0.5, 0.6) is 5.75 Å². The van der Waals surface area contributed by atoms with Crippen molar-refractivity contribution in [3.63, 3.8) is 0 Å². The summed E-state index contributed by atoms with van der Waals surface area (Å²) in [6.07, 6.45) is 3.51. The van der Waals surface area contributed by atoms with Crippen LogP contribution in [0.1, 0.15) is 6.42 Å². The van der Waals surface area contributed by atoms with Gasteiger partial charge in [0.15, 0.2) is 0 Å². The molecular formula is C30H30FN5O3. The van der Waals surface area contributed by atoms with Crippen molar-refractivity contribution in [2.24, 2.45) is 0 Å². The summed E-state index contributed by atoms with van der Waals surface area (Å²) in [5.74, 6) is 0.420. The number of ether oxygens (including phenoxy) is 2. The van der Waals surface area contributed by atoms with Gasteiger partial charge in [-0.2, -0.15) is 0 Å². The quantitative estimate of drug-likeness (QED) is 0.211. The van der Waals surface area contributed by atoms with Crippen molar-refractivity contribution in [1.82, 2.24) is 14.9 Å². The summed E-state index contributed by atoms with van der Waals surface area (Å²) < 4.78 is 25.9. The first-order valence-electron chi connectivity index (χ1n) is 12.9. The molecule has 2 N–H and O–H groups in total. The molecule has 4 aromatic rings. The lowest BCUT2D eigenvalue weighted by atomic mass is 10.0. The van der Waals surface area contributed by atoms with Crippen LogP contribution in [0.4, 0.5) is 21.6 Å². The number of aromatic nitrogens is 2. The molecule has 1 aromatic heterocycles. The lowest BCUT2D eigenvalue weighted by Crippen LogP contribution is -2.37. The SMILES string of the molecule is C=CC(=O)Nc1cc2c(Nc3cccc(-c4ccccc4F)c3)ncnc2cc1OCCCN1CCOCC1. The highest BCUT2D eigenvalue weighted by atomic mass is 19.1. The van der Waals surface area contributed by atoms with Crippen LogP contribution in [-0.2, 0) is 9.53 Å². The summed E-state index contributed by atoms with van der Waals surface area (Å²) in [5, 5.41) is 6.84. The summed E-state index contributed by atoms with van der Waals surface area (Å²) >= 11 is 0. The molecule has 1 aliphatic rings. The molecule has 2 heterocycles. The molecule has 5 rings (SSSR count). The van der Waals surface area contributed by atoms with Gasteiger partial charge in [-0.25, -0.2) is 14.4 Å². The molecule has 200 valence electrons. The Kier molecular flexibility index (Phi) is 8.40. The van der Waals surface area contributed by atoms with E-state index >= 15 is 0 Å². The van der Waals surface area contributed by atoms with Crippen molar-refractivity contribution in [3.05, 3.63) is 85.5 Å². The molecule has 1 saturated heterocycles. The maximum absolute atomic E-state index is 14.4. The minimum absolute atomic E-state index is 0.290. The number of amides is 1. The van der Waals surface area contributed by atoms with Crippen LogP contribution >= 0.6 is 0 Å². The highest BCUT2D eigenvalue weighted by Gasteiger charge is 2.15. The van der Waals surface area contributed by atoms with Crippen molar-refractivity contribution >= 4 is 34.0 Å². The van der Waals surface area contributed by atoms with Gasteiger partial charge in [-0.1, -0.05) is 36.9 Å². The smallest absolute Gasteiger partial charge is 0.247 e. The summed E-state index contributed by atoms with van der Waals surface area (Å²) in [7, 11) is 0. The zero-order valence-corrected chi connectivity index (χ0v) is 21.5. The van der Waals surface area contributed by atoms with Crippen molar-refractivity contribution in [1.29, 1.82) is 0 Å². The van der Waals surface area contributed by atoms with Gasteiger partial charge in [-0.05, 0) is 42.3 Å². The summed E-state index contributed by atoms with van der Waals surface area (Å²) in [4.78, 5) is 23.4. The van der Waals surface area contributed by atoms with Crippen LogP contribution in [0.15, 0.2) is 79.6 Å². The van der Waals surface area contributed by atoms with Gasteiger partial charge in [0.2, 0.25) is 5.91 Å². The number of carbonyl (C=O) groups is 1. The van der Waals surface area contributed by atoms with E-state index < -0.39 is 0 Å². The fourth-order valence-electron chi connectivity index (χ4n) is 4.48. The van der Waals surface area contributed by atoms with E-state index in [0.717, 1.165) is 50.5 Å². The van der Waals surface area contributed by atoms with Crippen molar-refractivity contribution in [3.8, 4) is 16.9 Å². The van der Waals surface area contributed by atoms with Gasteiger partial charge < -0.3 is 20.1 Å². The molecule has 1 fully saturated rings. The van der Waals surface area contributed by atoms with E-state index in [4.69, 9.17) is 9.47 Å². The maximum Gasteiger partial charge on any atom is 0.247 e. The maximum atomic E-state index is 14.4. The summed E-state index contributed by atoms with van der Waals surface area (Å²) in [5.41, 5.74) is 3.13. The first-order valence-corrected chi connectivity index (χ1v) is 12.9. The number of carbonyl (C=O) groups excluding carboxylic acids is 1. The number of rotatable bonds is 10. The molecule has 0 atom stereocenters. The van der Waals surface area contributed by atoms with Crippen molar-refractivity contribution < 1.29 is 18.7 Å². The Bertz CT molecular complexity index is 1470. The number of hydrogen-bond acceptors (Lipinski definition) is 7. The first-order chi connectivity index (χ1) is 19.1.